The van der Waals surface area contributed by atoms with Crippen LogP contribution in [0.4, 0.5) is 0 Å². The number of amides is 1. The van der Waals surface area contributed by atoms with Gasteiger partial charge in [0.2, 0.25) is 0 Å². The van der Waals surface area contributed by atoms with Crippen molar-refractivity contribution in [1.29, 1.82) is 0 Å². The van der Waals surface area contributed by atoms with Gasteiger partial charge in [-0.25, -0.2) is 0 Å². The number of benzene rings is 1. The number of carbonyl (C=O) groups excluding carboxylic acids is 1. The van der Waals surface area contributed by atoms with Gasteiger partial charge in [0, 0.05) is 5.39 Å². The van der Waals surface area contributed by atoms with Crippen LogP contribution in [0.2, 0.25) is 0 Å². The largest absolute Gasteiger partial charge is 0.272 e. The van der Waals surface area contributed by atoms with E-state index in [-0.39, 0.29) is 11.4 Å². The van der Waals surface area contributed by atoms with E-state index in [1.807, 2.05) is 22.9 Å². The van der Waals surface area contributed by atoms with Gasteiger partial charge < -0.3 is 0 Å². The van der Waals surface area contributed by atoms with Gasteiger partial charge in [0.25, 0.3) is 5.91 Å². The van der Waals surface area contributed by atoms with Crippen LogP contribution in [0, 0.1) is 0 Å². The van der Waals surface area contributed by atoms with Crippen molar-refractivity contribution in [3.8, 4) is 0 Å². The molecule has 1 aliphatic carbocycles. The van der Waals surface area contributed by atoms with Crippen molar-refractivity contribution in [2.24, 2.45) is 0 Å². The first-order chi connectivity index (χ1) is 8.22. The molecule has 2 heterocycles. The highest BCUT2D eigenvalue weighted by molar-refractivity contribution is 9.07. The highest BCUT2D eigenvalue weighted by atomic mass is 79.9. The topological polar surface area (TPSA) is 38.1 Å². The predicted octanol–water partition coefficient (Wildman–Crippen LogP) is 2.18. The summed E-state index contributed by atoms with van der Waals surface area (Å²) in [7, 11) is 0. The molecular weight excluding hydrogens is 282 g/mol. The minimum atomic E-state index is -0.147. The van der Waals surface area contributed by atoms with E-state index >= 15 is 0 Å². The summed E-state index contributed by atoms with van der Waals surface area (Å²) in [4.78, 5) is 11.9. The van der Waals surface area contributed by atoms with Crippen LogP contribution in [-0.2, 0) is 16.9 Å². The van der Waals surface area contributed by atoms with Crippen LogP contribution in [0.5, 0.6) is 0 Å². The summed E-state index contributed by atoms with van der Waals surface area (Å²) in [6, 6.07) is 8.09. The number of rotatable bonds is 0. The SMILES string of the molecule is O=C1Cn2nc3ccccc3c2C2(CC2)N1Br. The zero-order chi connectivity index (χ0) is 11.6. The molecular formula is C12H10BrN3O. The Balaban J connectivity index is 2.08. The van der Waals surface area contributed by atoms with Crippen LogP contribution in [0.1, 0.15) is 18.5 Å². The van der Waals surface area contributed by atoms with Gasteiger partial charge in [-0.05, 0) is 18.9 Å². The highest BCUT2D eigenvalue weighted by Gasteiger charge is 2.56. The van der Waals surface area contributed by atoms with Gasteiger partial charge in [-0.2, -0.15) is 5.10 Å². The van der Waals surface area contributed by atoms with Gasteiger partial charge in [-0.1, -0.05) is 18.2 Å². The standard InChI is InChI=1S/C12H10BrN3O/c13-16-10(17)7-15-11(12(16)5-6-12)8-3-1-2-4-9(8)14-15/h1-4H,5-7H2. The Labute approximate surface area is 107 Å². The molecule has 0 unspecified atom stereocenters. The fraction of sp³-hybridized carbons (Fsp3) is 0.333. The van der Waals surface area contributed by atoms with Crippen LogP contribution in [0.25, 0.3) is 10.9 Å². The van der Waals surface area contributed by atoms with Crippen molar-refractivity contribution in [2.45, 2.75) is 24.9 Å². The van der Waals surface area contributed by atoms with E-state index in [0.717, 1.165) is 18.4 Å². The molecule has 1 spiro atoms. The summed E-state index contributed by atoms with van der Waals surface area (Å²) in [5, 5.41) is 5.69. The molecule has 1 aromatic heterocycles. The Morgan fingerprint density at radius 2 is 2.06 bits per heavy atom. The van der Waals surface area contributed by atoms with Crippen molar-refractivity contribution < 1.29 is 4.79 Å². The van der Waals surface area contributed by atoms with E-state index in [0.29, 0.717) is 6.54 Å². The number of hydrogen-bond acceptors (Lipinski definition) is 2. The van der Waals surface area contributed by atoms with Gasteiger partial charge in [0.05, 0.1) is 32.9 Å². The second kappa shape index (κ2) is 2.90. The van der Waals surface area contributed by atoms with E-state index in [1.165, 1.54) is 11.1 Å². The van der Waals surface area contributed by atoms with E-state index in [9.17, 15) is 4.79 Å². The molecule has 1 saturated carbocycles. The third-order valence-corrected chi connectivity index (χ3v) is 4.76. The summed E-state index contributed by atoms with van der Waals surface area (Å²) < 4.78 is 3.60. The smallest absolute Gasteiger partial charge is 0.255 e. The van der Waals surface area contributed by atoms with Crippen molar-refractivity contribution in [3.05, 3.63) is 30.0 Å². The zero-order valence-electron chi connectivity index (χ0n) is 9.06. The van der Waals surface area contributed by atoms with E-state index < -0.39 is 0 Å². The number of nitrogens with zero attached hydrogens (tertiary/aromatic N) is 3. The Morgan fingerprint density at radius 3 is 2.82 bits per heavy atom. The number of hydrogen-bond donors (Lipinski definition) is 0. The molecule has 86 valence electrons. The van der Waals surface area contributed by atoms with Gasteiger partial charge in [-0.3, -0.25) is 13.4 Å². The summed E-state index contributed by atoms with van der Waals surface area (Å²) >= 11 is 3.42. The molecule has 0 atom stereocenters. The molecule has 1 fully saturated rings. The molecule has 0 radical (unpaired) electrons. The zero-order valence-corrected chi connectivity index (χ0v) is 10.6. The van der Waals surface area contributed by atoms with Crippen LogP contribution in [0.3, 0.4) is 0 Å². The summed E-state index contributed by atoms with van der Waals surface area (Å²) in [5.74, 6) is 0.0859. The number of fused-ring (bicyclic) bond motifs is 4. The normalized spacial score (nSPS) is 21.0. The lowest BCUT2D eigenvalue weighted by Crippen LogP contribution is -2.42. The maximum Gasteiger partial charge on any atom is 0.255 e. The second-order valence-electron chi connectivity index (χ2n) is 4.73. The quantitative estimate of drug-likeness (QED) is 0.698. The fourth-order valence-corrected chi connectivity index (χ4v) is 3.39. The van der Waals surface area contributed by atoms with Gasteiger partial charge in [-0.15, -0.1) is 0 Å². The molecule has 1 aliphatic heterocycles. The molecule has 1 aromatic carbocycles. The average Bonchev–Trinajstić information content (AvgIpc) is 3.02. The monoisotopic (exact) mass is 291 g/mol. The van der Waals surface area contributed by atoms with Gasteiger partial charge in [0.1, 0.15) is 6.54 Å². The minimum Gasteiger partial charge on any atom is -0.272 e. The van der Waals surface area contributed by atoms with Crippen molar-refractivity contribution in [1.82, 2.24) is 13.7 Å². The Bertz CT molecular complexity index is 644. The molecule has 2 aromatic rings. The molecule has 0 bridgehead atoms. The Kier molecular flexibility index (Phi) is 1.65. The van der Waals surface area contributed by atoms with Crippen LogP contribution < -0.4 is 0 Å². The van der Waals surface area contributed by atoms with Crippen LogP contribution >= 0.6 is 16.1 Å². The average molecular weight is 292 g/mol. The Morgan fingerprint density at radius 1 is 1.29 bits per heavy atom. The van der Waals surface area contributed by atoms with Crippen LogP contribution in [-0.4, -0.2) is 19.6 Å². The molecule has 0 saturated heterocycles. The molecule has 5 heteroatoms. The lowest BCUT2D eigenvalue weighted by molar-refractivity contribution is -0.130. The first kappa shape index (κ1) is 9.65. The summed E-state index contributed by atoms with van der Waals surface area (Å²) in [6.45, 7) is 0.330. The third kappa shape index (κ3) is 1.08. The summed E-state index contributed by atoms with van der Waals surface area (Å²) in [5.41, 5.74) is 2.01. The van der Waals surface area contributed by atoms with E-state index in [4.69, 9.17) is 0 Å². The van der Waals surface area contributed by atoms with Crippen molar-refractivity contribution >= 4 is 33.0 Å². The number of aromatic nitrogens is 2. The predicted molar refractivity (Wildman–Crippen MR) is 66.4 cm³/mol. The fourth-order valence-electron chi connectivity index (χ4n) is 2.76. The van der Waals surface area contributed by atoms with E-state index in [1.54, 1.807) is 3.93 Å². The van der Waals surface area contributed by atoms with Crippen molar-refractivity contribution in [2.75, 3.05) is 0 Å². The van der Waals surface area contributed by atoms with Gasteiger partial charge >= 0.3 is 0 Å². The maximum atomic E-state index is 11.9. The lowest BCUT2D eigenvalue weighted by Gasteiger charge is -2.31. The van der Waals surface area contributed by atoms with Crippen LogP contribution in [0.15, 0.2) is 24.3 Å². The Hall–Kier alpha value is -1.36. The molecule has 2 aliphatic rings. The molecule has 17 heavy (non-hydrogen) atoms. The molecule has 4 rings (SSSR count). The van der Waals surface area contributed by atoms with Gasteiger partial charge in [0.15, 0.2) is 0 Å². The van der Waals surface area contributed by atoms with E-state index in [2.05, 4.69) is 27.3 Å². The molecule has 0 N–H and O–H groups in total. The molecule has 1 amide bonds. The first-order valence-electron chi connectivity index (χ1n) is 5.67. The number of halogens is 1. The summed E-state index contributed by atoms with van der Waals surface area (Å²) in [6.07, 6.45) is 2.03. The van der Waals surface area contributed by atoms with Crippen molar-refractivity contribution in [3.63, 3.8) is 0 Å². The lowest BCUT2D eigenvalue weighted by atomic mass is 10.1. The maximum absolute atomic E-state index is 11.9. The number of carbonyl (C=O) groups is 1. The third-order valence-electron chi connectivity index (χ3n) is 3.69. The minimum absolute atomic E-state index is 0.0859. The highest BCUT2D eigenvalue weighted by Crippen LogP contribution is 2.55. The molecule has 4 nitrogen and oxygen atoms in total. The second-order valence-corrected chi connectivity index (χ2v) is 5.44. The first-order valence-corrected chi connectivity index (χ1v) is 6.38.